The van der Waals surface area contributed by atoms with Gasteiger partial charge in [0, 0.05) is 18.7 Å². The van der Waals surface area contributed by atoms with E-state index >= 15 is 0 Å². The van der Waals surface area contributed by atoms with E-state index < -0.39 is 10.1 Å². The maximum atomic E-state index is 12.3. The second-order valence-electron chi connectivity index (χ2n) is 4.73. The second kappa shape index (κ2) is 5.80. The van der Waals surface area contributed by atoms with E-state index in [9.17, 15) is 13.2 Å². The number of aryl methyl sites for hydroxylation is 1. The molecule has 1 amide bonds. The Balaban J connectivity index is 2.24. The molecule has 0 spiro atoms. The molecule has 1 aromatic carbocycles. The fourth-order valence-corrected chi connectivity index (χ4v) is 2.49. The Kier molecular flexibility index (Phi) is 4.29. The number of hydrogen-bond donors (Lipinski definition) is 0. The van der Waals surface area contributed by atoms with Crippen LogP contribution >= 0.6 is 0 Å². The Morgan fingerprint density at radius 2 is 1.90 bits per heavy atom. The van der Waals surface area contributed by atoms with Crippen molar-refractivity contribution in [3.05, 3.63) is 29.3 Å². The van der Waals surface area contributed by atoms with Crippen LogP contribution in [-0.4, -0.2) is 51.8 Å². The molecule has 0 aromatic heterocycles. The third-order valence-corrected chi connectivity index (χ3v) is 3.34. The number of nitrogens with zero attached hydrogens (tertiary/aromatic N) is 1. The first-order chi connectivity index (χ1) is 9.35. The molecule has 0 radical (unpaired) electrons. The van der Waals surface area contributed by atoms with E-state index in [1.54, 1.807) is 24.0 Å². The first-order valence-electron chi connectivity index (χ1n) is 6.23. The first kappa shape index (κ1) is 14.8. The van der Waals surface area contributed by atoms with Gasteiger partial charge in [0.2, 0.25) is 0 Å². The van der Waals surface area contributed by atoms with Gasteiger partial charge in [-0.15, -0.1) is 0 Å². The topological polar surface area (TPSA) is 72.9 Å². The largest absolute Gasteiger partial charge is 0.383 e. The highest BCUT2D eigenvalue weighted by Gasteiger charge is 2.19. The van der Waals surface area contributed by atoms with Crippen LogP contribution < -0.4 is 4.18 Å². The summed E-state index contributed by atoms with van der Waals surface area (Å²) in [7, 11) is -3.61. The van der Waals surface area contributed by atoms with Crippen molar-refractivity contribution in [2.24, 2.45) is 0 Å². The summed E-state index contributed by atoms with van der Waals surface area (Å²) < 4.78 is 32.4. The smallest absolute Gasteiger partial charge is 0.306 e. The van der Waals surface area contributed by atoms with Gasteiger partial charge in [-0.3, -0.25) is 4.79 Å². The minimum atomic E-state index is -3.61. The Bertz CT molecular complexity index is 605. The molecule has 20 heavy (non-hydrogen) atoms. The van der Waals surface area contributed by atoms with Gasteiger partial charge in [0.25, 0.3) is 5.91 Å². The molecule has 0 bridgehead atoms. The van der Waals surface area contributed by atoms with Crippen LogP contribution in [0.25, 0.3) is 0 Å². The fraction of sp³-hybridized carbons (Fsp3) is 0.462. The van der Waals surface area contributed by atoms with Crippen molar-refractivity contribution in [1.82, 2.24) is 4.90 Å². The molecule has 2 rings (SSSR count). The van der Waals surface area contributed by atoms with Crippen LogP contribution in [0.15, 0.2) is 18.2 Å². The maximum absolute atomic E-state index is 12.3. The molecule has 0 aliphatic carbocycles. The molecular formula is C13H17NO5S. The molecule has 1 aliphatic rings. The van der Waals surface area contributed by atoms with Gasteiger partial charge >= 0.3 is 10.1 Å². The van der Waals surface area contributed by atoms with Crippen molar-refractivity contribution in [2.75, 3.05) is 32.6 Å². The van der Waals surface area contributed by atoms with E-state index in [1.165, 1.54) is 6.07 Å². The van der Waals surface area contributed by atoms with Crippen molar-refractivity contribution in [3.63, 3.8) is 0 Å². The van der Waals surface area contributed by atoms with Crippen LogP contribution in [0.3, 0.4) is 0 Å². The van der Waals surface area contributed by atoms with Crippen molar-refractivity contribution in [3.8, 4) is 5.75 Å². The van der Waals surface area contributed by atoms with E-state index in [1.807, 2.05) is 0 Å². The van der Waals surface area contributed by atoms with Crippen molar-refractivity contribution in [2.45, 2.75) is 6.92 Å². The van der Waals surface area contributed by atoms with Crippen molar-refractivity contribution >= 4 is 16.0 Å². The SMILES string of the molecule is Cc1cc(OS(C)(=O)=O)cc(C(=O)N2CCOCC2)c1. The second-order valence-corrected chi connectivity index (χ2v) is 6.30. The molecule has 110 valence electrons. The summed E-state index contributed by atoms with van der Waals surface area (Å²) >= 11 is 0. The minimum Gasteiger partial charge on any atom is -0.383 e. The van der Waals surface area contributed by atoms with E-state index in [0.29, 0.717) is 31.9 Å². The maximum Gasteiger partial charge on any atom is 0.306 e. The lowest BCUT2D eigenvalue weighted by Gasteiger charge is -2.27. The highest BCUT2D eigenvalue weighted by atomic mass is 32.2. The summed E-state index contributed by atoms with van der Waals surface area (Å²) in [6.45, 7) is 3.89. The summed E-state index contributed by atoms with van der Waals surface area (Å²) in [5.41, 5.74) is 1.19. The lowest BCUT2D eigenvalue weighted by molar-refractivity contribution is 0.0302. The minimum absolute atomic E-state index is 0.143. The number of hydrogen-bond acceptors (Lipinski definition) is 5. The van der Waals surface area contributed by atoms with Crippen molar-refractivity contribution < 1.29 is 22.1 Å². The molecule has 1 saturated heterocycles. The zero-order valence-electron chi connectivity index (χ0n) is 11.5. The number of carbonyl (C=O) groups is 1. The predicted octanol–water partition coefficient (Wildman–Crippen LogP) is 0.806. The van der Waals surface area contributed by atoms with Gasteiger partial charge in [-0.2, -0.15) is 8.42 Å². The summed E-state index contributed by atoms with van der Waals surface area (Å²) in [5, 5.41) is 0. The standard InChI is InChI=1S/C13H17NO5S/c1-10-7-11(9-12(8-10)19-20(2,16)17)13(15)14-3-5-18-6-4-14/h7-9H,3-6H2,1-2H3. The van der Waals surface area contributed by atoms with Gasteiger partial charge < -0.3 is 13.8 Å². The molecule has 7 heteroatoms. The van der Waals surface area contributed by atoms with E-state index in [0.717, 1.165) is 11.8 Å². The summed E-state index contributed by atoms with van der Waals surface area (Å²) in [6, 6.07) is 4.75. The molecular weight excluding hydrogens is 282 g/mol. The number of amides is 1. The summed E-state index contributed by atoms with van der Waals surface area (Å²) in [4.78, 5) is 14.0. The number of benzene rings is 1. The van der Waals surface area contributed by atoms with E-state index in [2.05, 4.69) is 0 Å². The van der Waals surface area contributed by atoms with E-state index in [-0.39, 0.29) is 11.7 Å². The Hall–Kier alpha value is -1.60. The number of ether oxygens (including phenoxy) is 1. The summed E-state index contributed by atoms with van der Waals surface area (Å²) in [5.74, 6) is 0.0134. The average molecular weight is 299 g/mol. The molecule has 1 fully saturated rings. The highest BCUT2D eigenvalue weighted by molar-refractivity contribution is 7.86. The van der Waals surface area contributed by atoms with Gasteiger partial charge in [0.1, 0.15) is 5.75 Å². The lowest BCUT2D eigenvalue weighted by atomic mass is 10.1. The van der Waals surface area contributed by atoms with Crippen LogP contribution in [0.1, 0.15) is 15.9 Å². The fourth-order valence-electron chi connectivity index (χ4n) is 2.04. The molecule has 1 aliphatic heterocycles. The highest BCUT2D eigenvalue weighted by Crippen LogP contribution is 2.20. The monoisotopic (exact) mass is 299 g/mol. The van der Waals surface area contributed by atoms with Gasteiger partial charge in [-0.05, 0) is 30.7 Å². The van der Waals surface area contributed by atoms with Crippen LogP contribution in [0.4, 0.5) is 0 Å². The molecule has 1 aromatic rings. The predicted molar refractivity (Wildman–Crippen MR) is 73.4 cm³/mol. The lowest BCUT2D eigenvalue weighted by Crippen LogP contribution is -2.40. The molecule has 0 atom stereocenters. The Labute approximate surface area is 118 Å². The molecule has 0 N–H and O–H groups in total. The van der Waals surface area contributed by atoms with Gasteiger partial charge in [0.15, 0.2) is 0 Å². The normalized spacial score (nSPS) is 16.0. The van der Waals surface area contributed by atoms with Crippen LogP contribution in [0, 0.1) is 6.92 Å². The third-order valence-electron chi connectivity index (χ3n) is 2.84. The molecule has 1 heterocycles. The van der Waals surface area contributed by atoms with Crippen molar-refractivity contribution in [1.29, 1.82) is 0 Å². The molecule has 0 unspecified atom stereocenters. The Morgan fingerprint density at radius 1 is 1.25 bits per heavy atom. The van der Waals surface area contributed by atoms with Crippen LogP contribution in [0.2, 0.25) is 0 Å². The Morgan fingerprint density at radius 3 is 2.50 bits per heavy atom. The van der Waals surface area contributed by atoms with E-state index in [4.69, 9.17) is 8.92 Å². The zero-order valence-corrected chi connectivity index (χ0v) is 12.3. The van der Waals surface area contributed by atoms with Gasteiger partial charge in [-0.1, -0.05) is 0 Å². The molecule has 0 saturated carbocycles. The number of rotatable bonds is 3. The first-order valence-corrected chi connectivity index (χ1v) is 8.05. The third kappa shape index (κ3) is 3.94. The van der Waals surface area contributed by atoms with Gasteiger partial charge in [-0.25, -0.2) is 0 Å². The zero-order chi connectivity index (χ0) is 14.8. The summed E-state index contributed by atoms with van der Waals surface area (Å²) in [6.07, 6.45) is 0.971. The van der Waals surface area contributed by atoms with Crippen LogP contribution in [0.5, 0.6) is 5.75 Å². The average Bonchev–Trinajstić information content (AvgIpc) is 2.36. The molecule has 6 nitrogen and oxygen atoms in total. The number of carbonyl (C=O) groups excluding carboxylic acids is 1. The van der Waals surface area contributed by atoms with Gasteiger partial charge in [0.05, 0.1) is 19.5 Å². The van der Waals surface area contributed by atoms with Crippen LogP contribution in [-0.2, 0) is 14.9 Å². The quantitative estimate of drug-likeness (QED) is 0.772. The number of morpholine rings is 1.